The van der Waals surface area contributed by atoms with E-state index in [1.165, 1.54) is 33.0 Å². The average molecular weight is 627 g/mol. The number of nitrogens with zero attached hydrogens (tertiary/aromatic N) is 4. The third-order valence-corrected chi connectivity index (χ3v) is 9.06. The van der Waals surface area contributed by atoms with Crippen molar-refractivity contribution in [1.29, 1.82) is 0 Å². The normalized spacial score (nSPS) is 11.3. The van der Waals surface area contributed by atoms with Crippen molar-refractivity contribution in [3.8, 4) is 62.1 Å². The predicted octanol–water partition coefficient (Wildman–Crippen LogP) is 11.3. The molecular weight excluding hydrogens is 597 g/mol. The van der Waals surface area contributed by atoms with Crippen LogP contribution in [0.15, 0.2) is 182 Å². The van der Waals surface area contributed by atoms with Gasteiger partial charge in [-0.25, -0.2) is 15.0 Å². The van der Waals surface area contributed by atoms with Gasteiger partial charge in [0.25, 0.3) is 0 Å². The molecule has 7 aromatic carbocycles. The number of aromatic nitrogens is 4. The van der Waals surface area contributed by atoms with E-state index >= 15 is 0 Å². The summed E-state index contributed by atoms with van der Waals surface area (Å²) in [6.45, 7) is 0. The van der Waals surface area contributed by atoms with Gasteiger partial charge >= 0.3 is 0 Å². The van der Waals surface area contributed by atoms with E-state index in [-0.39, 0.29) is 0 Å². The average Bonchev–Trinajstić information content (AvgIpc) is 3.52. The van der Waals surface area contributed by atoms with Crippen LogP contribution >= 0.6 is 0 Å². The maximum atomic E-state index is 4.94. The van der Waals surface area contributed by atoms with Gasteiger partial charge in [-0.15, -0.1) is 0 Å². The molecule has 49 heavy (non-hydrogen) atoms. The molecule has 0 amide bonds. The van der Waals surface area contributed by atoms with Gasteiger partial charge in [-0.3, -0.25) is 0 Å². The monoisotopic (exact) mass is 626 g/mol. The number of benzene rings is 7. The number of fused-ring (bicyclic) bond motifs is 3. The molecule has 0 bridgehead atoms. The second-order valence-corrected chi connectivity index (χ2v) is 12.1. The number of hydrogen-bond donors (Lipinski definition) is 0. The Morgan fingerprint density at radius 1 is 0.286 bits per heavy atom. The van der Waals surface area contributed by atoms with Crippen LogP contribution in [0.25, 0.3) is 83.9 Å². The van der Waals surface area contributed by atoms with Crippen LogP contribution in [0.4, 0.5) is 0 Å². The van der Waals surface area contributed by atoms with Crippen molar-refractivity contribution in [1.82, 2.24) is 19.5 Å². The third-order valence-electron chi connectivity index (χ3n) is 9.06. The molecule has 2 heterocycles. The quantitative estimate of drug-likeness (QED) is 0.184. The van der Waals surface area contributed by atoms with Gasteiger partial charge in [0.1, 0.15) is 0 Å². The third kappa shape index (κ3) is 5.35. The highest BCUT2D eigenvalue weighted by Gasteiger charge is 2.16. The highest BCUT2D eigenvalue weighted by Crippen LogP contribution is 2.37. The molecule has 9 aromatic rings. The molecule has 9 rings (SSSR count). The molecule has 0 atom stereocenters. The van der Waals surface area contributed by atoms with E-state index in [0.717, 1.165) is 33.4 Å². The zero-order valence-corrected chi connectivity index (χ0v) is 26.6. The molecular formula is C45H30N4. The van der Waals surface area contributed by atoms with Crippen LogP contribution in [0, 0.1) is 0 Å². The molecule has 0 radical (unpaired) electrons. The SMILES string of the molecule is c1ccc(-c2ccc3c(c2)c2cc(-c4ccccc4)ccc2n3-c2ccc(-c3nc(-c4ccccc4)nc(-c4ccccc4)n3)cc2)cc1. The van der Waals surface area contributed by atoms with Crippen molar-refractivity contribution in [2.45, 2.75) is 0 Å². The van der Waals surface area contributed by atoms with Gasteiger partial charge in [-0.1, -0.05) is 133 Å². The minimum absolute atomic E-state index is 0.640. The van der Waals surface area contributed by atoms with E-state index in [1.54, 1.807) is 0 Å². The van der Waals surface area contributed by atoms with Crippen LogP contribution in [-0.2, 0) is 0 Å². The summed E-state index contributed by atoms with van der Waals surface area (Å²) in [4.78, 5) is 14.7. The zero-order valence-electron chi connectivity index (χ0n) is 26.6. The molecule has 2 aromatic heterocycles. The summed E-state index contributed by atoms with van der Waals surface area (Å²) in [5.74, 6) is 1.94. The van der Waals surface area contributed by atoms with Crippen LogP contribution in [-0.4, -0.2) is 19.5 Å². The molecule has 0 aliphatic carbocycles. The Hall–Kier alpha value is -6.65. The topological polar surface area (TPSA) is 43.6 Å². The summed E-state index contributed by atoms with van der Waals surface area (Å²) < 4.78 is 2.36. The first-order valence-electron chi connectivity index (χ1n) is 16.5. The predicted molar refractivity (Wildman–Crippen MR) is 201 cm³/mol. The summed E-state index contributed by atoms with van der Waals surface area (Å²) in [5.41, 5.74) is 11.0. The van der Waals surface area contributed by atoms with Crippen LogP contribution in [0.2, 0.25) is 0 Å². The fourth-order valence-corrected chi connectivity index (χ4v) is 6.62. The maximum absolute atomic E-state index is 4.94. The van der Waals surface area contributed by atoms with Crippen molar-refractivity contribution in [2.24, 2.45) is 0 Å². The molecule has 0 fully saturated rings. The summed E-state index contributed by atoms with van der Waals surface area (Å²) >= 11 is 0. The second kappa shape index (κ2) is 12.2. The van der Waals surface area contributed by atoms with E-state index in [4.69, 9.17) is 15.0 Å². The van der Waals surface area contributed by atoms with E-state index < -0.39 is 0 Å². The van der Waals surface area contributed by atoms with Gasteiger partial charge in [0, 0.05) is 33.2 Å². The maximum Gasteiger partial charge on any atom is 0.164 e. The Morgan fingerprint density at radius 2 is 0.612 bits per heavy atom. The zero-order chi connectivity index (χ0) is 32.6. The van der Waals surface area contributed by atoms with Gasteiger partial charge in [-0.05, 0) is 70.8 Å². The molecule has 230 valence electrons. The molecule has 0 N–H and O–H groups in total. The van der Waals surface area contributed by atoms with Gasteiger partial charge in [0.15, 0.2) is 17.5 Å². The fourth-order valence-electron chi connectivity index (χ4n) is 6.62. The highest BCUT2D eigenvalue weighted by atomic mass is 15.0. The summed E-state index contributed by atoms with van der Waals surface area (Å²) in [6, 6.07) is 63.5. The van der Waals surface area contributed by atoms with Crippen molar-refractivity contribution in [3.05, 3.63) is 182 Å². The smallest absolute Gasteiger partial charge is 0.164 e. The lowest BCUT2D eigenvalue weighted by molar-refractivity contribution is 1.07. The number of rotatable bonds is 6. The first kappa shape index (κ1) is 28.6. The molecule has 4 nitrogen and oxygen atoms in total. The highest BCUT2D eigenvalue weighted by molar-refractivity contribution is 6.11. The lowest BCUT2D eigenvalue weighted by Crippen LogP contribution is -2.00. The van der Waals surface area contributed by atoms with Gasteiger partial charge in [0.05, 0.1) is 11.0 Å². The Balaban J connectivity index is 1.19. The van der Waals surface area contributed by atoms with Crippen LogP contribution in [0.3, 0.4) is 0 Å². The van der Waals surface area contributed by atoms with Crippen LogP contribution in [0.1, 0.15) is 0 Å². The molecule has 0 aliphatic heterocycles. The Labute approximate surface area is 284 Å². The Bertz CT molecular complexity index is 2400. The van der Waals surface area contributed by atoms with Gasteiger partial charge in [0.2, 0.25) is 0 Å². The van der Waals surface area contributed by atoms with E-state index in [9.17, 15) is 0 Å². The molecule has 0 saturated carbocycles. The Kier molecular flexibility index (Phi) is 7.10. The van der Waals surface area contributed by atoms with Gasteiger partial charge < -0.3 is 4.57 Å². The molecule has 0 spiro atoms. The molecule has 0 unspecified atom stereocenters. The van der Waals surface area contributed by atoms with E-state index in [1.807, 2.05) is 60.7 Å². The second-order valence-electron chi connectivity index (χ2n) is 12.1. The van der Waals surface area contributed by atoms with Crippen molar-refractivity contribution >= 4 is 21.8 Å². The molecule has 0 aliphatic rings. The van der Waals surface area contributed by atoms with E-state index in [2.05, 4.69) is 126 Å². The largest absolute Gasteiger partial charge is 0.309 e. The van der Waals surface area contributed by atoms with Crippen molar-refractivity contribution in [2.75, 3.05) is 0 Å². The minimum atomic E-state index is 0.640. The summed E-state index contributed by atoms with van der Waals surface area (Å²) in [6.07, 6.45) is 0. The lowest BCUT2D eigenvalue weighted by atomic mass is 10.0. The van der Waals surface area contributed by atoms with Crippen molar-refractivity contribution in [3.63, 3.8) is 0 Å². The van der Waals surface area contributed by atoms with Gasteiger partial charge in [-0.2, -0.15) is 0 Å². The lowest BCUT2D eigenvalue weighted by Gasteiger charge is -2.11. The first-order valence-corrected chi connectivity index (χ1v) is 16.5. The number of hydrogen-bond acceptors (Lipinski definition) is 3. The van der Waals surface area contributed by atoms with E-state index in [0.29, 0.717) is 17.5 Å². The standard InChI is InChI=1S/C45H30N4/c1-5-13-31(14-6-1)36-23-27-41-39(29-36)40-30-37(32-15-7-2-8-16-32)24-28-42(40)49(41)38-25-21-35(22-26-38)45-47-43(33-17-9-3-10-18-33)46-44(48-45)34-19-11-4-12-20-34/h1-30H. The molecule has 0 saturated heterocycles. The van der Waals surface area contributed by atoms with Crippen molar-refractivity contribution < 1.29 is 0 Å². The fraction of sp³-hybridized carbons (Fsp3) is 0. The van der Waals surface area contributed by atoms with Crippen LogP contribution in [0.5, 0.6) is 0 Å². The minimum Gasteiger partial charge on any atom is -0.309 e. The van der Waals surface area contributed by atoms with Crippen LogP contribution < -0.4 is 0 Å². The summed E-state index contributed by atoms with van der Waals surface area (Å²) in [7, 11) is 0. The Morgan fingerprint density at radius 3 is 1.00 bits per heavy atom. The molecule has 4 heteroatoms. The summed E-state index contributed by atoms with van der Waals surface area (Å²) in [5, 5.41) is 2.44. The first-order chi connectivity index (χ1) is 24.3.